The van der Waals surface area contributed by atoms with E-state index >= 15 is 0 Å². The van der Waals surface area contributed by atoms with Crippen LogP contribution in [0.25, 0.3) is 10.8 Å². The molecule has 0 saturated carbocycles. The maximum absolute atomic E-state index is 2.27. The Hall–Kier alpha value is -1.04. The normalized spacial score (nSPS) is 11.1. The number of hydrogen-bond donors (Lipinski definition) is 0. The topological polar surface area (TPSA) is 0 Å². The third-order valence-electron chi connectivity index (χ3n) is 5.12. The van der Waals surface area contributed by atoms with Crippen LogP contribution in [0.2, 0.25) is 0 Å². The summed E-state index contributed by atoms with van der Waals surface area (Å²) in [6.07, 6.45) is 0. The molecule has 0 aliphatic carbocycles. The van der Waals surface area contributed by atoms with Gasteiger partial charge in [-0.2, -0.15) is 0 Å². The molecule has 0 spiro atoms. The Bertz CT molecular complexity index is 559. The van der Waals surface area contributed by atoms with Gasteiger partial charge in [0.25, 0.3) is 0 Å². The van der Waals surface area contributed by atoms with Gasteiger partial charge in [-0.05, 0) is 38.5 Å². The zero-order valence-corrected chi connectivity index (χ0v) is 13.0. The minimum Gasteiger partial charge on any atom is -0.0788 e. The minimum absolute atomic E-state index is 1.45. The van der Waals surface area contributed by atoms with Crippen molar-refractivity contribution in [3.05, 3.63) is 22.3 Å². The molecule has 0 radical (unpaired) electrons. The Balaban J connectivity index is 3.22. The van der Waals surface area contributed by atoms with Crippen molar-refractivity contribution in [3.63, 3.8) is 0 Å². The Labute approximate surface area is 114 Å². The maximum Gasteiger partial charge on any atom is 0.140 e. The van der Waals surface area contributed by atoms with Gasteiger partial charge in [-0.3, -0.25) is 0 Å². The molecule has 0 heterocycles. The molecule has 0 aliphatic rings. The Kier molecular flexibility index (Phi) is 3.17. The number of rotatable bonds is 0. The summed E-state index contributed by atoms with van der Waals surface area (Å²) < 4.78 is 0. The summed E-state index contributed by atoms with van der Waals surface area (Å²) in [6.45, 7) is 9.00. The van der Waals surface area contributed by atoms with E-state index in [1.165, 1.54) is 54.9 Å². The van der Waals surface area contributed by atoms with Crippen LogP contribution in [0, 0.1) is 27.7 Å². The van der Waals surface area contributed by atoms with Crippen LogP contribution in [0.15, 0.2) is 0 Å². The monoisotopic (exact) mass is 232 g/mol. The molecule has 0 N–H and O–H groups in total. The Morgan fingerprint density at radius 1 is 0.444 bits per heavy atom. The molecule has 0 atom stereocenters. The summed E-state index contributed by atoms with van der Waals surface area (Å²) in [5, 5.41) is 2.97. The molecule has 2 aromatic carbocycles. The van der Waals surface area contributed by atoms with E-state index in [0.717, 1.165) is 0 Å². The van der Waals surface area contributed by atoms with Crippen LogP contribution >= 0.6 is 0 Å². The van der Waals surface area contributed by atoms with Gasteiger partial charge in [-0.25, -0.2) is 0 Å². The van der Waals surface area contributed by atoms with Crippen molar-refractivity contribution in [1.82, 2.24) is 0 Å². The van der Waals surface area contributed by atoms with Gasteiger partial charge in [0.2, 0.25) is 0 Å². The van der Waals surface area contributed by atoms with Gasteiger partial charge >= 0.3 is 0 Å². The predicted molar refractivity (Wildman–Crippen MR) is 95.6 cm³/mol. The van der Waals surface area contributed by atoms with E-state index < -0.39 is 0 Å². The summed E-state index contributed by atoms with van der Waals surface area (Å²) >= 11 is 0. The highest BCUT2D eigenvalue weighted by atomic mass is 14.1. The minimum atomic E-state index is 1.45. The maximum atomic E-state index is 2.27. The molecule has 0 nitrogen and oxygen atoms in total. The van der Waals surface area contributed by atoms with Crippen LogP contribution in [-0.4, -0.2) is 31.4 Å². The second kappa shape index (κ2) is 4.26. The lowest BCUT2D eigenvalue weighted by atomic mass is 9.67. The molecule has 0 aromatic heterocycles. The molecule has 0 fully saturated rings. The van der Waals surface area contributed by atoms with Gasteiger partial charge in [0, 0.05) is 0 Å². The third kappa shape index (κ3) is 1.58. The van der Waals surface area contributed by atoms with Gasteiger partial charge in [0.1, 0.15) is 31.4 Å². The molecule has 0 bridgehead atoms. The Morgan fingerprint density at radius 2 is 0.611 bits per heavy atom. The van der Waals surface area contributed by atoms with Gasteiger partial charge < -0.3 is 0 Å². The first-order valence-corrected chi connectivity index (χ1v) is 6.75. The quantitative estimate of drug-likeness (QED) is 0.427. The van der Waals surface area contributed by atoms with E-state index in [2.05, 4.69) is 59.1 Å². The van der Waals surface area contributed by atoms with Crippen molar-refractivity contribution in [2.45, 2.75) is 27.7 Å². The SMILES string of the molecule is Bc1c(C)c(C)c(B)c2c(B)c(C)c(C)c(B)c12. The molecular weight excluding hydrogens is 211 g/mol. The highest BCUT2D eigenvalue weighted by Crippen LogP contribution is 2.14. The highest BCUT2D eigenvalue weighted by molar-refractivity contribution is 6.57. The van der Waals surface area contributed by atoms with Crippen molar-refractivity contribution in [2.24, 2.45) is 0 Å². The fraction of sp³-hybridized carbons (Fsp3) is 0.286. The first-order valence-electron chi connectivity index (χ1n) is 6.75. The molecule has 18 heavy (non-hydrogen) atoms. The average Bonchev–Trinajstić information content (AvgIpc) is 2.35. The van der Waals surface area contributed by atoms with Gasteiger partial charge in [0.05, 0.1) is 0 Å². The molecule has 2 aromatic rings. The average molecular weight is 232 g/mol. The van der Waals surface area contributed by atoms with Crippen LogP contribution in [-0.2, 0) is 0 Å². The van der Waals surface area contributed by atoms with Crippen LogP contribution in [0.1, 0.15) is 22.3 Å². The standard InChI is InChI=1S/C14H20B4/c1-5-6(2)12(16)10-9(11(5)15)13(17)7(3)8(4)14(10)18/h15-18H2,1-4H3. The van der Waals surface area contributed by atoms with E-state index in [0.29, 0.717) is 0 Å². The highest BCUT2D eigenvalue weighted by Gasteiger charge is 2.15. The first kappa shape index (κ1) is 13.4. The van der Waals surface area contributed by atoms with Crippen LogP contribution in [0.4, 0.5) is 0 Å². The number of hydrogen-bond acceptors (Lipinski definition) is 0. The second-order valence-corrected chi connectivity index (χ2v) is 5.75. The molecule has 2 rings (SSSR count). The van der Waals surface area contributed by atoms with Gasteiger partial charge in [0.15, 0.2) is 0 Å². The summed E-state index contributed by atoms with van der Waals surface area (Å²) in [7, 11) is 9.08. The van der Waals surface area contributed by atoms with E-state index in [4.69, 9.17) is 0 Å². The summed E-state index contributed by atoms with van der Waals surface area (Å²) in [5.41, 5.74) is 11.6. The predicted octanol–water partition coefficient (Wildman–Crippen LogP) is -2.89. The number of benzene rings is 2. The van der Waals surface area contributed by atoms with Crippen molar-refractivity contribution in [1.29, 1.82) is 0 Å². The van der Waals surface area contributed by atoms with E-state index in [1.54, 1.807) is 0 Å². The van der Waals surface area contributed by atoms with E-state index in [1.807, 2.05) is 0 Å². The zero-order valence-electron chi connectivity index (χ0n) is 13.0. The largest absolute Gasteiger partial charge is 0.140 e. The van der Waals surface area contributed by atoms with Crippen molar-refractivity contribution < 1.29 is 0 Å². The lowest BCUT2D eigenvalue weighted by Crippen LogP contribution is -2.33. The summed E-state index contributed by atoms with van der Waals surface area (Å²) in [6, 6.07) is 0. The lowest BCUT2D eigenvalue weighted by Gasteiger charge is -2.22. The van der Waals surface area contributed by atoms with Crippen LogP contribution in [0.3, 0.4) is 0 Å². The van der Waals surface area contributed by atoms with E-state index in [9.17, 15) is 0 Å². The zero-order chi connectivity index (χ0) is 13.8. The number of fused-ring (bicyclic) bond motifs is 1. The molecule has 0 amide bonds. The molecule has 0 unspecified atom stereocenters. The van der Waals surface area contributed by atoms with Crippen molar-refractivity contribution in [2.75, 3.05) is 0 Å². The second-order valence-electron chi connectivity index (χ2n) is 5.75. The summed E-state index contributed by atoms with van der Waals surface area (Å²) in [5.74, 6) is 0. The summed E-state index contributed by atoms with van der Waals surface area (Å²) in [4.78, 5) is 0. The molecule has 88 valence electrons. The van der Waals surface area contributed by atoms with Crippen LogP contribution < -0.4 is 21.9 Å². The lowest BCUT2D eigenvalue weighted by molar-refractivity contribution is 1.39. The first-order chi connectivity index (χ1) is 8.29. The van der Waals surface area contributed by atoms with Crippen molar-refractivity contribution in [3.8, 4) is 0 Å². The fourth-order valence-corrected chi connectivity index (χ4v) is 3.19. The van der Waals surface area contributed by atoms with Crippen LogP contribution in [0.5, 0.6) is 0 Å². The third-order valence-corrected chi connectivity index (χ3v) is 5.12. The molecule has 4 heteroatoms. The molecular formula is C14H20B4. The van der Waals surface area contributed by atoms with Crippen molar-refractivity contribution >= 4 is 64.0 Å². The molecule has 0 aliphatic heterocycles. The molecule has 0 saturated heterocycles. The smallest absolute Gasteiger partial charge is 0.0788 e. The van der Waals surface area contributed by atoms with Gasteiger partial charge in [-0.15, -0.1) is 0 Å². The van der Waals surface area contributed by atoms with E-state index in [-0.39, 0.29) is 0 Å². The van der Waals surface area contributed by atoms with Gasteiger partial charge in [-0.1, -0.05) is 44.1 Å². The fourth-order valence-electron chi connectivity index (χ4n) is 3.19. The Morgan fingerprint density at radius 3 is 0.778 bits per heavy atom.